The molecule has 4 aromatic rings. The molecule has 158 valence electrons. The number of hydrogen-bond donors (Lipinski definition) is 1. The lowest BCUT2D eigenvalue weighted by Crippen LogP contribution is -2.23. The normalized spacial score (nSPS) is 11.5. The smallest absolute Gasteiger partial charge is 0.346 e. The van der Waals surface area contributed by atoms with Crippen molar-refractivity contribution in [2.75, 3.05) is 0 Å². The standard InChI is InChI=1S/C19H13ClF3N7O/c20-14-2-4-15(5-3-14)29-10-12(8-26-29)7-25-18(31)16-11-30(28-27-16)17-6-1-13(9-24-17)19(21,22)23/h1-6,8-11H,7H2,(H,25,31). The van der Waals surface area contributed by atoms with E-state index in [9.17, 15) is 18.0 Å². The number of rotatable bonds is 5. The number of pyridine rings is 1. The maximum absolute atomic E-state index is 12.6. The third-order valence-electron chi connectivity index (χ3n) is 4.22. The van der Waals surface area contributed by atoms with E-state index >= 15 is 0 Å². The van der Waals surface area contributed by atoms with Crippen LogP contribution in [0.3, 0.4) is 0 Å². The molecular weight excluding hydrogens is 435 g/mol. The molecule has 3 aromatic heterocycles. The maximum atomic E-state index is 12.6. The zero-order chi connectivity index (χ0) is 22.0. The van der Waals surface area contributed by atoms with E-state index in [2.05, 4.69) is 25.7 Å². The zero-order valence-corrected chi connectivity index (χ0v) is 16.3. The van der Waals surface area contributed by atoms with Crippen LogP contribution in [0.15, 0.2) is 61.2 Å². The topological polar surface area (TPSA) is 90.5 Å². The second kappa shape index (κ2) is 8.19. The number of carbonyl (C=O) groups is 1. The third kappa shape index (κ3) is 4.72. The number of nitrogens with zero attached hydrogens (tertiary/aromatic N) is 6. The molecule has 0 bridgehead atoms. The SMILES string of the molecule is O=C(NCc1cnn(-c2ccc(Cl)cc2)c1)c1cn(-c2ccc(C(F)(F)F)cn2)nn1. The van der Waals surface area contributed by atoms with Crippen LogP contribution < -0.4 is 5.32 Å². The summed E-state index contributed by atoms with van der Waals surface area (Å²) in [6.45, 7) is 0.192. The van der Waals surface area contributed by atoms with Crippen LogP contribution in [0.2, 0.25) is 5.02 Å². The molecule has 0 saturated carbocycles. The lowest BCUT2D eigenvalue weighted by atomic mass is 10.3. The largest absolute Gasteiger partial charge is 0.417 e. The number of amides is 1. The molecule has 1 aromatic carbocycles. The molecule has 31 heavy (non-hydrogen) atoms. The number of hydrogen-bond acceptors (Lipinski definition) is 5. The molecule has 0 fully saturated rings. The molecule has 0 aliphatic carbocycles. The molecule has 0 spiro atoms. The molecule has 0 atom stereocenters. The minimum absolute atomic E-state index is 0.00760. The Kier molecular flexibility index (Phi) is 5.42. The van der Waals surface area contributed by atoms with Gasteiger partial charge in [-0.1, -0.05) is 16.8 Å². The molecule has 0 unspecified atom stereocenters. The minimum atomic E-state index is -4.49. The van der Waals surface area contributed by atoms with Gasteiger partial charge in [0, 0.05) is 29.5 Å². The Bertz CT molecular complexity index is 1200. The van der Waals surface area contributed by atoms with E-state index in [0.29, 0.717) is 11.2 Å². The number of alkyl halides is 3. The predicted molar refractivity (Wildman–Crippen MR) is 104 cm³/mol. The molecular formula is C19H13ClF3N7O. The molecule has 1 amide bonds. The molecule has 4 rings (SSSR count). The highest BCUT2D eigenvalue weighted by molar-refractivity contribution is 6.30. The van der Waals surface area contributed by atoms with E-state index in [1.54, 1.807) is 29.2 Å². The summed E-state index contributed by atoms with van der Waals surface area (Å²) in [6.07, 6.45) is 0.849. The van der Waals surface area contributed by atoms with Gasteiger partial charge in [0.25, 0.3) is 5.91 Å². The molecule has 0 aliphatic heterocycles. The maximum Gasteiger partial charge on any atom is 0.417 e. The number of aromatic nitrogens is 6. The lowest BCUT2D eigenvalue weighted by molar-refractivity contribution is -0.137. The summed E-state index contributed by atoms with van der Waals surface area (Å²) in [6, 6.07) is 9.13. The monoisotopic (exact) mass is 447 g/mol. The van der Waals surface area contributed by atoms with Gasteiger partial charge in [-0.25, -0.2) is 14.3 Å². The number of halogens is 4. The average molecular weight is 448 g/mol. The van der Waals surface area contributed by atoms with Crippen molar-refractivity contribution >= 4 is 17.5 Å². The molecule has 0 aliphatic rings. The first-order valence-corrected chi connectivity index (χ1v) is 9.21. The van der Waals surface area contributed by atoms with Crippen LogP contribution in [-0.4, -0.2) is 35.7 Å². The summed E-state index contributed by atoms with van der Waals surface area (Å²) in [5, 5.41) is 15.0. The zero-order valence-electron chi connectivity index (χ0n) is 15.6. The number of carbonyl (C=O) groups excluding carboxylic acids is 1. The number of benzene rings is 1. The highest BCUT2D eigenvalue weighted by Crippen LogP contribution is 2.28. The predicted octanol–water partition coefficient (Wildman–Crippen LogP) is 3.45. The quantitative estimate of drug-likeness (QED) is 0.506. The lowest BCUT2D eigenvalue weighted by Gasteiger charge is -2.06. The Morgan fingerprint density at radius 1 is 1.03 bits per heavy atom. The van der Waals surface area contributed by atoms with Gasteiger partial charge in [0.1, 0.15) is 0 Å². The van der Waals surface area contributed by atoms with E-state index in [1.165, 1.54) is 6.20 Å². The molecule has 12 heteroatoms. The summed E-state index contributed by atoms with van der Waals surface area (Å²) >= 11 is 5.87. The number of nitrogens with one attached hydrogen (secondary N) is 1. The third-order valence-corrected chi connectivity index (χ3v) is 4.47. The molecule has 1 N–H and O–H groups in total. The van der Waals surface area contributed by atoms with Gasteiger partial charge in [-0.05, 0) is 36.4 Å². The van der Waals surface area contributed by atoms with Gasteiger partial charge in [-0.3, -0.25) is 4.79 Å². The summed E-state index contributed by atoms with van der Waals surface area (Å²) in [5.74, 6) is -0.402. The Balaban J connectivity index is 1.39. The Morgan fingerprint density at radius 3 is 2.48 bits per heavy atom. The summed E-state index contributed by atoms with van der Waals surface area (Å²) in [7, 11) is 0. The summed E-state index contributed by atoms with van der Waals surface area (Å²) in [5.41, 5.74) is 0.675. The van der Waals surface area contributed by atoms with Crippen molar-refractivity contribution < 1.29 is 18.0 Å². The molecule has 3 heterocycles. The van der Waals surface area contributed by atoms with Gasteiger partial charge < -0.3 is 5.32 Å². The van der Waals surface area contributed by atoms with Crippen molar-refractivity contribution in [3.05, 3.63) is 83.0 Å². The van der Waals surface area contributed by atoms with Crippen LogP contribution >= 0.6 is 11.6 Å². The van der Waals surface area contributed by atoms with Crippen LogP contribution in [0, 0.1) is 0 Å². The summed E-state index contributed by atoms with van der Waals surface area (Å²) in [4.78, 5) is 16.0. The van der Waals surface area contributed by atoms with Crippen LogP contribution in [0.4, 0.5) is 13.2 Å². The fourth-order valence-corrected chi connectivity index (χ4v) is 2.75. The fourth-order valence-electron chi connectivity index (χ4n) is 2.63. The van der Waals surface area contributed by atoms with Gasteiger partial charge in [0.15, 0.2) is 11.5 Å². The van der Waals surface area contributed by atoms with Crippen LogP contribution in [-0.2, 0) is 12.7 Å². The average Bonchev–Trinajstić information content (AvgIpc) is 3.42. The van der Waals surface area contributed by atoms with E-state index < -0.39 is 17.6 Å². The van der Waals surface area contributed by atoms with Crippen molar-refractivity contribution in [1.29, 1.82) is 0 Å². The van der Waals surface area contributed by atoms with Crippen molar-refractivity contribution in [3.63, 3.8) is 0 Å². The first-order chi connectivity index (χ1) is 14.8. The second-order valence-corrected chi connectivity index (χ2v) is 6.84. The first kappa shape index (κ1) is 20.5. The van der Waals surface area contributed by atoms with Crippen LogP contribution in [0.1, 0.15) is 21.6 Å². The Labute approximate surface area is 178 Å². The highest BCUT2D eigenvalue weighted by atomic mass is 35.5. The second-order valence-electron chi connectivity index (χ2n) is 6.40. The van der Waals surface area contributed by atoms with E-state index in [4.69, 9.17) is 11.6 Å². The minimum Gasteiger partial charge on any atom is -0.346 e. The van der Waals surface area contributed by atoms with Crippen LogP contribution in [0.25, 0.3) is 11.5 Å². The fraction of sp³-hybridized carbons (Fsp3) is 0.105. The molecule has 0 saturated heterocycles. The van der Waals surface area contributed by atoms with Crippen molar-refractivity contribution in [2.24, 2.45) is 0 Å². The van der Waals surface area contributed by atoms with Crippen molar-refractivity contribution in [1.82, 2.24) is 35.1 Å². The van der Waals surface area contributed by atoms with Crippen molar-refractivity contribution in [3.8, 4) is 11.5 Å². The van der Waals surface area contributed by atoms with Gasteiger partial charge in [-0.15, -0.1) is 5.10 Å². The Morgan fingerprint density at radius 2 is 1.81 bits per heavy atom. The van der Waals surface area contributed by atoms with Crippen LogP contribution in [0.5, 0.6) is 0 Å². The Hall–Kier alpha value is -3.73. The first-order valence-electron chi connectivity index (χ1n) is 8.83. The highest BCUT2D eigenvalue weighted by Gasteiger charge is 2.30. The van der Waals surface area contributed by atoms with Gasteiger partial charge in [0.05, 0.1) is 23.6 Å². The van der Waals surface area contributed by atoms with E-state index in [1.807, 2.05) is 12.1 Å². The molecule has 0 radical (unpaired) electrons. The van der Waals surface area contributed by atoms with Gasteiger partial charge >= 0.3 is 6.18 Å². The van der Waals surface area contributed by atoms with Crippen molar-refractivity contribution in [2.45, 2.75) is 12.7 Å². The van der Waals surface area contributed by atoms with E-state index in [-0.39, 0.29) is 18.1 Å². The van der Waals surface area contributed by atoms with Gasteiger partial charge in [0.2, 0.25) is 0 Å². The summed E-state index contributed by atoms with van der Waals surface area (Å²) < 4.78 is 40.7. The van der Waals surface area contributed by atoms with Gasteiger partial charge in [-0.2, -0.15) is 18.3 Å². The molecule has 8 nitrogen and oxygen atoms in total. The van der Waals surface area contributed by atoms with E-state index in [0.717, 1.165) is 28.1 Å².